The van der Waals surface area contributed by atoms with Gasteiger partial charge in [-0.05, 0) is 37.1 Å². The van der Waals surface area contributed by atoms with E-state index in [1.54, 1.807) is 25.1 Å². The van der Waals surface area contributed by atoms with Crippen LogP contribution in [0.5, 0.6) is 0 Å². The molecule has 2 aromatic carbocycles. The fourth-order valence-electron chi connectivity index (χ4n) is 2.32. The van der Waals surface area contributed by atoms with Gasteiger partial charge in [0.1, 0.15) is 11.4 Å². The van der Waals surface area contributed by atoms with Crippen LogP contribution in [0.4, 0.5) is 4.39 Å². The Labute approximate surface area is 158 Å². The molecule has 26 heavy (non-hydrogen) atoms. The molecule has 0 heterocycles. The molecule has 1 atom stereocenters. The average Bonchev–Trinajstić information content (AvgIpc) is 2.61. The van der Waals surface area contributed by atoms with E-state index in [1.165, 1.54) is 18.2 Å². The van der Waals surface area contributed by atoms with Gasteiger partial charge in [0, 0.05) is 18.7 Å². The van der Waals surface area contributed by atoms with Gasteiger partial charge in [0.25, 0.3) is 5.91 Å². The molecule has 2 amide bonds. The lowest BCUT2D eigenvalue weighted by atomic mass is 9.92. The number of benzene rings is 2. The summed E-state index contributed by atoms with van der Waals surface area (Å²) < 4.78 is 13.1. The van der Waals surface area contributed by atoms with Crippen LogP contribution < -0.4 is 16.4 Å². The van der Waals surface area contributed by atoms with E-state index in [9.17, 15) is 14.0 Å². The van der Waals surface area contributed by atoms with Crippen LogP contribution in [0.3, 0.4) is 0 Å². The fraction of sp³-hybridized carbons (Fsp3) is 0.263. The highest BCUT2D eigenvalue weighted by atomic mass is 35.5. The summed E-state index contributed by atoms with van der Waals surface area (Å²) in [5.41, 5.74) is 5.99. The lowest BCUT2D eigenvalue weighted by Gasteiger charge is -2.24. The van der Waals surface area contributed by atoms with Crippen molar-refractivity contribution in [3.05, 3.63) is 71.5 Å². The van der Waals surface area contributed by atoms with E-state index in [0.29, 0.717) is 19.5 Å². The lowest BCUT2D eigenvalue weighted by molar-refractivity contribution is -0.126. The number of nitrogens with one attached hydrogen (secondary N) is 2. The van der Waals surface area contributed by atoms with Crippen LogP contribution >= 0.6 is 12.4 Å². The number of amides is 2. The third-order valence-electron chi connectivity index (χ3n) is 3.86. The number of hydrogen-bond donors (Lipinski definition) is 3. The maximum atomic E-state index is 13.1. The summed E-state index contributed by atoms with van der Waals surface area (Å²) in [6, 6.07) is 14.6. The van der Waals surface area contributed by atoms with Crippen LogP contribution in [0.15, 0.2) is 54.6 Å². The van der Waals surface area contributed by atoms with Crippen molar-refractivity contribution in [3.8, 4) is 0 Å². The fourth-order valence-corrected chi connectivity index (χ4v) is 2.32. The zero-order valence-electron chi connectivity index (χ0n) is 14.5. The summed E-state index contributed by atoms with van der Waals surface area (Å²) >= 11 is 0. The van der Waals surface area contributed by atoms with Gasteiger partial charge in [0.15, 0.2) is 0 Å². The van der Waals surface area contributed by atoms with E-state index in [-0.39, 0.29) is 29.8 Å². The molecule has 2 rings (SSSR count). The Balaban J connectivity index is 0.00000338. The van der Waals surface area contributed by atoms with E-state index in [2.05, 4.69) is 10.6 Å². The monoisotopic (exact) mass is 379 g/mol. The standard InChI is InChI=1S/C19H22FN3O2.ClH/c1-19(21,15-8-3-2-4-9-15)18(25)23-12-6-11-22-17(24)14-7-5-10-16(20)13-14;/h2-5,7-10,13H,6,11-12,21H2,1H3,(H,22,24)(H,23,25);1H. The van der Waals surface area contributed by atoms with Crippen LogP contribution in [0, 0.1) is 5.82 Å². The van der Waals surface area contributed by atoms with E-state index >= 15 is 0 Å². The molecular weight excluding hydrogens is 357 g/mol. The number of carbonyl (C=O) groups excluding carboxylic acids is 2. The predicted octanol–water partition coefficient (Wildman–Crippen LogP) is 2.36. The minimum Gasteiger partial charge on any atom is -0.354 e. The second-order valence-corrected chi connectivity index (χ2v) is 5.94. The van der Waals surface area contributed by atoms with Crippen molar-refractivity contribution >= 4 is 24.2 Å². The Morgan fingerprint density at radius 2 is 1.69 bits per heavy atom. The number of halogens is 2. The largest absolute Gasteiger partial charge is 0.354 e. The Kier molecular flexibility index (Phi) is 8.22. The van der Waals surface area contributed by atoms with Gasteiger partial charge in [-0.15, -0.1) is 12.4 Å². The first-order valence-electron chi connectivity index (χ1n) is 8.08. The number of nitrogens with two attached hydrogens (primary N) is 1. The first-order chi connectivity index (χ1) is 11.9. The van der Waals surface area contributed by atoms with Crippen LogP contribution in [-0.2, 0) is 10.3 Å². The maximum absolute atomic E-state index is 13.1. The molecule has 7 heteroatoms. The smallest absolute Gasteiger partial charge is 0.251 e. The molecule has 2 aromatic rings. The minimum absolute atomic E-state index is 0. The Hall–Kier alpha value is -2.44. The number of rotatable bonds is 7. The third-order valence-corrected chi connectivity index (χ3v) is 3.86. The molecular formula is C19H23ClFN3O2. The molecule has 0 aromatic heterocycles. The van der Waals surface area contributed by atoms with Crippen molar-refractivity contribution in [2.75, 3.05) is 13.1 Å². The maximum Gasteiger partial charge on any atom is 0.251 e. The zero-order chi connectivity index (χ0) is 18.3. The molecule has 0 fully saturated rings. The van der Waals surface area contributed by atoms with Crippen LogP contribution in [0.25, 0.3) is 0 Å². The first-order valence-corrected chi connectivity index (χ1v) is 8.08. The average molecular weight is 380 g/mol. The Morgan fingerprint density at radius 1 is 1.04 bits per heavy atom. The SMILES string of the molecule is CC(N)(C(=O)NCCCNC(=O)c1cccc(F)c1)c1ccccc1.Cl. The summed E-state index contributed by atoms with van der Waals surface area (Å²) in [4.78, 5) is 24.1. The first kappa shape index (κ1) is 21.6. The highest BCUT2D eigenvalue weighted by Gasteiger charge is 2.29. The summed E-state index contributed by atoms with van der Waals surface area (Å²) in [7, 11) is 0. The topological polar surface area (TPSA) is 84.2 Å². The Bertz CT molecular complexity index is 739. The molecule has 0 saturated heterocycles. The number of carbonyl (C=O) groups is 2. The van der Waals surface area contributed by atoms with Crippen molar-refractivity contribution in [1.82, 2.24) is 10.6 Å². The summed E-state index contributed by atoms with van der Waals surface area (Å²) in [6.07, 6.45) is 0.539. The highest BCUT2D eigenvalue weighted by molar-refractivity contribution is 5.94. The molecule has 4 N–H and O–H groups in total. The van der Waals surface area contributed by atoms with E-state index < -0.39 is 11.4 Å². The van der Waals surface area contributed by atoms with Gasteiger partial charge in [0.2, 0.25) is 5.91 Å². The summed E-state index contributed by atoms with van der Waals surface area (Å²) in [6.45, 7) is 2.40. The van der Waals surface area contributed by atoms with Crippen molar-refractivity contribution in [1.29, 1.82) is 0 Å². The molecule has 0 aliphatic carbocycles. The molecule has 0 aliphatic heterocycles. The van der Waals surface area contributed by atoms with Gasteiger partial charge in [-0.25, -0.2) is 4.39 Å². The molecule has 140 valence electrons. The van der Waals surface area contributed by atoms with Gasteiger partial charge in [-0.1, -0.05) is 36.4 Å². The molecule has 0 bridgehead atoms. The van der Waals surface area contributed by atoms with Crippen LogP contribution in [0.1, 0.15) is 29.3 Å². The second-order valence-electron chi connectivity index (χ2n) is 5.94. The van der Waals surface area contributed by atoms with Gasteiger partial charge < -0.3 is 16.4 Å². The second kappa shape index (κ2) is 9.89. The number of hydrogen-bond acceptors (Lipinski definition) is 3. The van der Waals surface area contributed by atoms with E-state index in [1.807, 2.05) is 18.2 Å². The van der Waals surface area contributed by atoms with Crippen molar-refractivity contribution in [2.45, 2.75) is 18.9 Å². The van der Waals surface area contributed by atoms with Crippen LogP contribution in [-0.4, -0.2) is 24.9 Å². The summed E-state index contributed by atoms with van der Waals surface area (Å²) in [5, 5.41) is 5.45. The normalized spacial score (nSPS) is 12.4. The highest BCUT2D eigenvalue weighted by Crippen LogP contribution is 2.17. The summed E-state index contributed by atoms with van der Waals surface area (Å²) in [5.74, 6) is -1.09. The quantitative estimate of drug-likeness (QED) is 0.646. The molecule has 0 spiro atoms. The van der Waals surface area contributed by atoms with Gasteiger partial charge in [-0.3, -0.25) is 9.59 Å². The minimum atomic E-state index is -1.12. The molecule has 0 radical (unpaired) electrons. The van der Waals surface area contributed by atoms with Crippen molar-refractivity contribution in [3.63, 3.8) is 0 Å². The third kappa shape index (κ3) is 5.82. The van der Waals surface area contributed by atoms with Gasteiger partial charge >= 0.3 is 0 Å². The zero-order valence-corrected chi connectivity index (χ0v) is 15.3. The van der Waals surface area contributed by atoms with Gasteiger partial charge in [-0.2, -0.15) is 0 Å². The predicted molar refractivity (Wildman–Crippen MR) is 102 cm³/mol. The molecule has 5 nitrogen and oxygen atoms in total. The molecule has 0 saturated carbocycles. The molecule has 1 unspecified atom stereocenters. The Morgan fingerprint density at radius 3 is 2.35 bits per heavy atom. The van der Waals surface area contributed by atoms with Crippen LogP contribution in [0.2, 0.25) is 0 Å². The lowest BCUT2D eigenvalue weighted by Crippen LogP contribution is -2.49. The van der Waals surface area contributed by atoms with E-state index in [0.717, 1.165) is 5.56 Å². The van der Waals surface area contributed by atoms with E-state index in [4.69, 9.17) is 5.73 Å². The van der Waals surface area contributed by atoms with Gasteiger partial charge in [0.05, 0.1) is 0 Å². The van der Waals surface area contributed by atoms with Crippen molar-refractivity contribution < 1.29 is 14.0 Å². The van der Waals surface area contributed by atoms with Crippen molar-refractivity contribution in [2.24, 2.45) is 5.73 Å². The molecule has 0 aliphatic rings.